The minimum Gasteiger partial charge on any atom is -0.475 e. The van der Waals surface area contributed by atoms with Gasteiger partial charge in [-0.15, -0.1) is 0 Å². The number of carbonyl (C=O) groups is 1. The van der Waals surface area contributed by atoms with Crippen LogP contribution in [0.2, 0.25) is 5.02 Å². The molecule has 2 aromatic rings. The standard InChI is InChI=1S/C20H21ClO6S/c1-25-19(22)20(27-16-9-7-15(21)8-10-16)11-12-26-17(13-20)14-28(23,24)18-5-3-2-4-6-18/h2-10,17H,11-14H2,1H3. The van der Waals surface area contributed by atoms with Crippen LogP contribution in [0.4, 0.5) is 0 Å². The molecule has 1 aliphatic rings. The Bertz CT molecular complexity index is 913. The highest BCUT2D eigenvalue weighted by Crippen LogP contribution is 2.33. The van der Waals surface area contributed by atoms with Gasteiger partial charge in [0.25, 0.3) is 0 Å². The van der Waals surface area contributed by atoms with Crippen molar-refractivity contribution in [3.63, 3.8) is 0 Å². The van der Waals surface area contributed by atoms with Crippen molar-refractivity contribution in [2.24, 2.45) is 0 Å². The monoisotopic (exact) mass is 424 g/mol. The Morgan fingerprint density at radius 1 is 1.18 bits per heavy atom. The number of halogens is 1. The minimum atomic E-state index is -3.57. The highest BCUT2D eigenvalue weighted by molar-refractivity contribution is 7.91. The fourth-order valence-corrected chi connectivity index (χ4v) is 4.82. The van der Waals surface area contributed by atoms with Crippen LogP contribution >= 0.6 is 11.6 Å². The summed E-state index contributed by atoms with van der Waals surface area (Å²) < 4.78 is 42.0. The molecule has 1 aliphatic heterocycles. The number of hydrogen-bond donors (Lipinski definition) is 0. The SMILES string of the molecule is COC(=O)C1(Oc2ccc(Cl)cc2)CCOC(CS(=O)(=O)c2ccccc2)C1. The molecule has 0 saturated carbocycles. The molecule has 0 amide bonds. The molecule has 2 aromatic carbocycles. The van der Waals surface area contributed by atoms with Gasteiger partial charge in [0.1, 0.15) is 5.75 Å². The summed E-state index contributed by atoms with van der Waals surface area (Å²) in [5, 5.41) is 0.540. The molecule has 0 aliphatic carbocycles. The second kappa shape index (κ2) is 8.51. The van der Waals surface area contributed by atoms with Gasteiger partial charge in [-0.3, -0.25) is 0 Å². The van der Waals surface area contributed by atoms with Gasteiger partial charge in [-0.1, -0.05) is 29.8 Å². The van der Waals surface area contributed by atoms with Gasteiger partial charge in [-0.05, 0) is 36.4 Å². The molecule has 1 heterocycles. The highest BCUT2D eigenvalue weighted by Gasteiger charge is 2.48. The van der Waals surface area contributed by atoms with E-state index in [-0.39, 0.29) is 30.1 Å². The number of sulfone groups is 1. The number of ether oxygens (including phenoxy) is 3. The fourth-order valence-electron chi connectivity index (χ4n) is 3.23. The summed E-state index contributed by atoms with van der Waals surface area (Å²) >= 11 is 5.90. The zero-order chi connectivity index (χ0) is 20.2. The van der Waals surface area contributed by atoms with E-state index in [1.807, 2.05) is 0 Å². The lowest BCUT2D eigenvalue weighted by Crippen LogP contribution is -2.53. The van der Waals surface area contributed by atoms with Gasteiger partial charge in [0, 0.05) is 17.9 Å². The molecule has 3 rings (SSSR count). The average molecular weight is 425 g/mol. The Balaban J connectivity index is 1.82. The highest BCUT2D eigenvalue weighted by atomic mass is 35.5. The van der Waals surface area contributed by atoms with E-state index in [0.29, 0.717) is 10.8 Å². The van der Waals surface area contributed by atoms with Crippen molar-refractivity contribution in [1.29, 1.82) is 0 Å². The van der Waals surface area contributed by atoms with Crippen molar-refractivity contribution in [2.75, 3.05) is 19.5 Å². The van der Waals surface area contributed by atoms with Crippen molar-refractivity contribution < 1.29 is 27.4 Å². The molecule has 2 unspecified atom stereocenters. The van der Waals surface area contributed by atoms with Crippen molar-refractivity contribution in [2.45, 2.75) is 29.4 Å². The largest absolute Gasteiger partial charge is 0.475 e. The first-order chi connectivity index (χ1) is 13.3. The van der Waals surface area contributed by atoms with Crippen LogP contribution in [-0.4, -0.2) is 45.6 Å². The van der Waals surface area contributed by atoms with Crippen molar-refractivity contribution in [1.82, 2.24) is 0 Å². The van der Waals surface area contributed by atoms with Crippen LogP contribution in [0.5, 0.6) is 5.75 Å². The Hall–Kier alpha value is -2.09. The summed E-state index contributed by atoms with van der Waals surface area (Å²) in [5.74, 6) is -0.367. The van der Waals surface area contributed by atoms with Crippen LogP contribution in [0.1, 0.15) is 12.8 Å². The average Bonchev–Trinajstić information content (AvgIpc) is 2.69. The van der Waals surface area contributed by atoms with E-state index in [2.05, 4.69) is 0 Å². The van der Waals surface area contributed by atoms with Gasteiger partial charge in [0.2, 0.25) is 5.60 Å². The van der Waals surface area contributed by atoms with Gasteiger partial charge in [0.05, 0.1) is 30.5 Å². The molecule has 0 radical (unpaired) electrons. The Kier molecular flexibility index (Phi) is 6.27. The minimum absolute atomic E-state index is 0.0639. The molecule has 0 aromatic heterocycles. The normalized spacial score (nSPS) is 22.4. The molecule has 0 N–H and O–H groups in total. The summed E-state index contributed by atoms with van der Waals surface area (Å²) in [7, 11) is -2.29. The summed E-state index contributed by atoms with van der Waals surface area (Å²) in [6, 6.07) is 14.8. The summed E-state index contributed by atoms with van der Waals surface area (Å²) in [5.41, 5.74) is -1.32. The molecule has 28 heavy (non-hydrogen) atoms. The maximum atomic E-state index is 12.7. The van der Waals surface area contributed by atoms with Gasteiger partial charge in [-0.2, -0.15) is 0 Å². The number of methoxy groups -OCH3 is 1. The topological polar surface area (TPSA) is 78.9 Å². The van der Waals surface area contributed by atoms with E-state index < -0.39 is 27.5 Å². The smallest absolute Gasteiger partial charge is 0.350 e. The predicted molar refractivity (Wildman–Crippen MR) is 104 cm³/mol. The third-order valence-electron chi connectivity index (χ3n) is 4.61. The van der Waals surface area contributed by atoms with Gasteiger partial charge < -0.3 is 14.2 Å². The van der Waals surface area contributed by atoms with Crippen LogP contribution in [0.25, 0.3) is 0 Å². The van der Waals surface area contributed by atoms with E-state index in [4.69, 9.17) is 25.8 Å². The molecule has 150 valence electrons. The van der Waals surface area contributed by atoms with Crippen molar-refractivity contribution in [3.05, 3.63) is 59.6 Å². The molecule has 1 saturated heterocycles. The second-order valence-corrected chi connectivity index (χ2v) is 9.05. The maximum Gasteiger partial charge on any atom is 0.350 e. The van der Waals surface area contributed by atoms with Gasteiger partial charge in [-0.25, -0.2) is 13.2 Å². The molecule has 1 fully saturated rings. The number of benzene rings is 2. The number of hydrogen-bond acceptors (Lipinski definition) is 6. The molecule has 0 spiro atoms. The molecule has 0 bridgehead atoms. The molecule has 6 nitrogen and oxygen atoms in total. The van der Waals surface area contributed by atoms with Crippen LogP contribution in [-0.2, 0) is 24.1 Å². The number of carbonyl (C=O) groups excluding carboxylic acids is 1. The first-order valence-electron chi connectivity index (χ1n) is 8.77. The van der Waals surface area contributed by atoms with Crippen LogP contribution < -0.4 is 4.74 Å². The number of esters is 1. The summed E-state index contributed by atoms with van der Waals surface area (Å²) in [6.45, 7) is 0.178. The summed E-state index contributed by atoms with van der Waals surface area (Å²) in [6.07, 6.45) is -0.385. The zero-order valence-electron chi connectivity index (χ0n) is 15.3. The predicted octanol–water partition coefficient (Wildman–Crippen LogP) is 3.28. The third-order valence-corrected chi connectivity index (χ3v) is 6.66. The third kappa shape index (κ3) is 4.66. The van der Waals surface area contributed by atoms with E-state index >= 15 is 0 Å². The van der Waals surface area contributed by atoms with Crippen LogP contribution in [0, 0.1) is 0 Å². The zero-order valence-corrected chi connectivity index (χ0v) is 16.9. The molecule has 8 heteroatoms. The molecular weight excluding hydrogens is 404 g/mol. The van der Waals surface area contributed by atoms with Crippen LogP contribution in [0.3, 0.4) is 0 Å². The van der Waals surface area contributed by atoms with Gasteiger partial charge >= 0.3 is 5.97 Å². The first-order valence-corrected chi connectivity index (χ1v) is 10.8. The van der Waals surface area contributed by atoms with Crippen molar-refractivity contribution >= 4 is 27.4 Å². The summed E-state index contributed by atoms with van der Waals surface area (Å²) in [4.78, 5) is 12.8. The Morgan fingerprint density at radius 3 is 2.50 bits per heavy atom. The molecular formula is C20H21ClO6S. The van der Waals surface area contributed by atoms with E-state index in [1.165, 1.54) is 19.2 Å². The first kappa shape index (κ1) is 20.6. The Morgan fingerprint density at radius 2 is 1.86 bits per heavy atom. The fraction of sp³-hybridized carbons (Fsp3) is 0.350. The number of rotatable bonds is 6. The van der Waals surface area contributed by atoms with E-state index in [9.17, 15) is 13.2 Å². The lowest BCUT2D eigenvalue weighted by molar-refractivity contribution is -0.171. The quantitative estimate of drug-likeness (QED) is 0.662. The lowest BCUT2D eigenvalue weighted by atomic mass is 9.90. The Labute approximate surface area is 169 Å². The van der Waals surface area contributed by atoms with E-state index in [0.717, 1.165) is 0 Å². The van der Waals surface area contributed by atoms with E-state index in [1.54, 1.807) is 42.5 Å². The maximum absolute atomic E-state index is 12.7. The van der Waals surface area contributed by atoms with Crippen molar-refractivity contribution in [3.8, 4) is 5.75 Å². The van der Waals surface area contributed by atoms with Gasteiger partial charge in [0.15, 0.2) is 9.84 Å². The van der Waals surface area contributed by atoms with Crippen LogP contribution in [0.15, 0.2) is 59.5 Å². The lowest BCUT2D eigenvalue weighted by Gasteiger charge is -2.38. The molecule has 2 atom stereocenters. The second-order valence-electron chi connectivity index (χ2n) is 6.58.